The van der Waals surface area contributed by atoms with Gasteiger partial charge in [0.15, 0.2) is 0 Å². The lowest BCUT2D eigenvalue weighted by molar-refractivity contribution is -0.169. The summed E-state index contributed by atoms with van der Waals surface area (Å²) in [7, 11) is 0. The molecule has 0 spiro atoms. The lowest BCUT2D eigenvalue weighted by Crippen LogP contribution is -2.39. The molecule has 5 nitrogen and oxygen atoms in total. The fourth-order valence-electron chi connectivity index (χ4n) is 0.934. The Morgan fingerprint density at radius 1 is 1.80 bits per heavy atom. The van der Waals surface area contributed by atoms with Gasteiger partial charge < -0.3 is 5.73 Å². The summed E-state index contributed by atoms with van der Waals surface area (Å²) in [5.41, 5.74) is 4.86. The average molecular weight is 144 g/mol. The van der Waals surface area contributed by atoms with Crippen LogP contribution in [0.3, 0.4) is 0 Å². The van der Waals surface area contributed by atoms with Gasteiger partial charge in [-0.05, 0) is 6.42 Å². The van der Waals surface area contributed by atoms with E-state index in [1.54, 1.807) is 0 Å². The molecule has 5 heteroatoms. The van der Waals surface area contributed by atoms with Crippen LogP contribution in [-0.2, 0) is 9.59 Å². The molecule has 1 fully saturated rings. The fraction of sp³-hybridized carbons (Fsp3) is 0.600. The predicted octanol–water partition coefficient (Wildman–Crippen LogP) is -1.15. The molecular weight excluding hydrogens is 136 g/mol. The van der Waals surface area contributed by atoms with Crippen molar-refractivity contribution in [2.45, 2.75) is 18.9 Å². The number of hydrogen-bond donors (Lipinski definition) is 2. The molecule has 1 heterocycles. The molecule has 1 atom stereocenters. The van der Waals surface area contributed by atoms with Crippen molar-refractivity contribution in [2.75, 3.05) is 0 Å². The minimum atomic E-state index is -0.813. The van der Waals surface area contributed by atoms with Crippen molar-refractivity contribution in [3.05, 3.63) is 0 Å². The second-order valence-electron chi connectivity index (χ2n) is 2.20. The quantitative estimate of drug-likeness (QED) is 0.456. The van der Waals surface area contributed by atoms with Crippen LogP contribution in [0, 0.1) is 0 Å². The Labute approximate surface area is 57.4 Å². The van der Waals surface area contributed by atoms with Crippen LogP contribution in [0.2, 0.25) is 0 Å². The Morgan fingerprint density at radius 3 is 2.60 bits per heavy atom. The summed E-state index contributed by atoms with van der Waals surface area (Å²) in [4.78, 5) is 21.0. The van der Waals surface area contributed by atoms with Crippen LogP contribution < -0.4 is 5.73 Å². The molecular formula is C5H8N2O3. The molecule has 0 saturated carbocycles. The molecule has 10 heavy (non-hydrogen) atoms. The van der Waals surface area contributed by atoms with E-state index in [2.05, 4.69) is 0 Å². The maximum Gasteiger partial charge on any atom is 0.246 e. The van der Waals surface area contributed by atoms with Gasteiger partial charge in [-0.25, -0.2) is 5.06 Å². The van der Waals surface area contributed by atoms with Crippen molar-refractivity contribution >= 4 is 11.8 Å². The zero-order valence-electron chi connectivity index (χ0n) is 5.28. The third kappa shape index (κ3) is 0.950. The molecule has 2 amide bonds. The monoisotopic (exact) mass is 144 g/mol. The Bertz CT molecular complexity index is 180. The highest BCUT2D eigenvalue weighted by atomic mass is 16.5. The summed E-state index contributed by atoms with van der Waals surface area (Å²) < 4.78 is 0. The number of primary amides is 1. The van der Waals surface area contributed by atoms with Gasteiger partial charge in [-0.3, -0.25) is 14.8 Å². The molecule has 1 aliphatic rings. The second kappa shape index (κ2) is 2.26. The van der Waals surface area contributed by atoms with Crippen LogP contribution in [0.5, 0.6) is 0 Å². The molecule has 0 aromatic carbocycles. The minimum Gasteiger partial charge on any atom is -0.368 e. The number of hydrogen-bond acceptors (Lipinski definition) is 3. The van der Waals surface area contributed by atoms with Crippen LogP contribution in [0.15, 0.2) is 0 Å². The maximum atomic E-state index is 10.6. The van der Waals surface area contributed by atoms with E-state index in [0.29, 0.717) is 11.5 Å². The molecule has 1 aliphatic heterocycles. The first-order valence-corrected chi connectivity index (χ1v) is 2.93. The van der Waals surface area contributed by atoms with Gasteiger partial charge in [-0.2, -0.15) is 0 Å². The first kappa shape index (κ1) is 7.01. The zero-order chi connectivity index (χ0) is 7.72. The highest BCUT2D eigenvalue weighted by molar-refractivity contribution is 5.89. The van der Waals surface area contributed by atoms with Gasteiger partial charge in [-0.1, -0.05) is 0 Å². The lowest BCUT2D eigenvalue weighted by atomic mass is 10.2. The smallest absolute Gasteiger partial charge is 0.246 e. The van der Waals surface area contributed by atoms with Crippen LogP contribution in [0.25, 0.3) is 0 Å². The molecule has 0 aromatic heterocycles. The molecule has 0 aromatic rings. The summed E-state index contributed by atoms with van der Waals surface area (Å²) >= 11 is 0. The first-order valence-electron chi connectivity index (χ1n) is 2.93. The van der Waals surface area contributed by atoms with Gasteiger partial charge in [0, 0.05) is 6.42 Å². The van der Waals surface area contributed by atoms with E-state index in [4.69, 9.17) is 10.9 Å². The molecule has 1 saturated heterocycles. The number of carbonyl (C=O) groups excluding carboxylic acids is 2. The molecule has 0 aliphatic carbocycles. The number of amides is 2. The van der Waals surface area contributed by atoms with Crippen LogP contribution in [-0.4, -0.2) is 28.1 Å². The van der Waals surface area contributed by atoms with Crippen LogP contribution in [0.4, 0.5) is 0 Å². The third-order valence-corrected chi connectivity index (χ3v) is 1.51. The second-order valence-corrected chi connectivity index (χ2v) is 2.20. The first-order chi connectivity index (χ1) is 4.63. The molecule has 0 unspecified atom stereocenters. The molecule has 0 bridgehead atoms. The van der Waals surface area contributed by atoms with Crippen LogP contribution >= 0.6 is 0 Å². The van der Waals surface area contributed by atoms with E-state index < -0.39 is 17.9 Å². The van der Waals surface area contributed by atoms with E-state index >= 15 is 0 Å². The van der Waals surface area contributed by atoms with E-state index in [0.717, 1.165) is 0 Å². The van der Waals surface area contributed by atoms with Gasteiger partial charge in [0.2, 0.25) is 11.8 Å². The van der Waals surface area contributed by atoms with E-state index in [1.807, 2.05) is 0 Å². The number of carbonyl (C=O) groups is 2. The zero-order valence-corrected chi connectivity index (χ0v) is 5.28. The van der Waals surface area contributed by atoms with Gasteiger partial charge in [0.05, 0.1) is 0 Å². The topological polar surface area (TPSA) is 83.6 Å². The van der Waals surface area contributed by atoms with Gasteiger partial charge >= 0.3 is 0 Å². The summed E-state index contributed by atoms with van der Waals surface area (Å²) in [6.45, 7) is 0. The predicted molar refractivity (Wildman–Crippen MR) is 30.8 cm³/mol. The average Bonchev–Trinajstić information content (AvgIpc) is 2.14. The van der Waals surface area contributed by atoms with Gasteiger partial charge in [0.1, 0.15) is 6.04 Å². The summed E-state index contributed by atoms with van der Waals surface area (Å²) in [5.74, 6) is -1.10. The van der Waals surface area contributed by atoms with E-state index in [-0.39, 0.29) is 6.42 Å². The van der Waals surface area contributed by atoms with Gasteiger partial charge in [0.25, 0.3) is 0 Å². The fourth-order valence-corrected chi connectivity index (χ4v) is 0.934. The molecule has 0 radical (unpaired) electrons. The largest absolute Gasteiger partial charge is 0.368 e. The van der Waals surface area contributed by atoms with Crippen molar-refractivity contribution in [2.24, 2.45) is 5.73 Å². The van der Waals surface area contributed by atoms with Crippen molar-refractivity contribution in [3.8, 4) is 0 Å². The highest BCUT2D eigenvalue weighted by Crippen LogP contribution is 2.14. The summed E-state index contributed by atoms with van der Waals surface area (Å²) in [5, 5.41) is 9.22. The number of rotatable bonds is 1. The highest BCUT2D eigenvalue weighted by Gasteiger charge is 2.33. The summed E-state index contributed by atoms with van der Waals surface area (Å²) in [6, 6.07) is -0.813. The Morgan fingerprint density at radius 2 is 2.40 bits per heavy atom. The Kier molecular flexibility index (Phi) is 1.58. The number of nitrogens with two attached hydrogens (primary N) is 1. The SMILES string of the molecule is NC(=O)[C@H]1CCC(=O)N1O. The number of hydroxylamine groups is 2. The normalized spacial score (nSPS) is 25.5. The molecule has 56 valence electrons. The summed E-state index contributed by atoms with van der Waals surface area (Å²) in [6.07, 6.45) is 0.523. The van der Waals surface area contributed by atoms with Crippen LogP contribution in [0.1, 0.15) is 12.8 Å². The number of nitrogens with zero attached hydrogens (tertiary/aromatic N) is 1. The van der Waals surface area contributed by atoms with Crippen molar-refractivity contribution in [3.63, 3.8) is 0 Å². The maximum absolute atomic E-state index is 10.6. The third-order valence-electron chi connectivity index (χ3n) is 1.51. The van der Waals surface area contributed by atoms with E-state index in [1.165, 1.54) is 0 Å². The van der Waals surface area contributed by atoms with Crippen molar-refractivity contribution < 1.29 is 14.8 Å². The molecule has 1 rings (SSSR count). The lowest BCUT2D eigenvalue weighted by Gasteiger charge is -2.12. The standard InChI is InChI=1S/C5H8N2O3/c6-5(9)3-1-2-4(8)7(3)10/h3,10H,1-2H2,(H2,6,9)/t3-/m1/s1. The molecule has 3 N–H and O–H groups in total. The Balaban J connectivity index is 2.66. The van der Waals surface area contributed by atoms with Crippen molar-refractivity contribution in [1.29, 1.82) is 0 Å². The Hall–Kier alpha value is -1.10. The minimum absolute atomic E-state index is 0.199. The van der Waals surface area contributed by atoms with Gasteiger partial charge in [-0.15, -0.1) is 0 Å². The van der Waals surface area contributed by atoms with E-state index in [9.17, 15) is 9.59 Å². The van der Waals surface area contributed by atoms with Crippen molar-refractivity contribution in [1.82, 2.24) is 5.06 Å².